The Morgan fingerprint density at radius 3 is 2.56 bits per heavy atom. The second-order valence-electron chi connectivity index (χ2n) is 7.40. The van der Waals surface area contributed by atoms with Gasteiger partial charge in [-0.2, -0.15) is 5.10 Å². The van der Waals surface area contributed by atoms with Gasteiger partial charge in [-0.1, -0.05) is 60.7 Å². The van der Waals surface area contributed by atoms with Crippen molar-refractivity contribution in [1.82, 2.24) is 9.55 Å². The molecule has 0 bridgehead atoms. The van der Waals surface area contributed by atoms with Crippen LogP contribution in [0.2, 0.25) is 0 Å². The predicted octanol–water partition coefficient (Wildman–Crippen LogP) is 5.59. The van der Waals surface area contributed by atoms with Gasteiger partial charge in [-0.15, -0.1) is 0 Å². The third-order valence-corrected chi connectivity index (χ3v) is 5.38. The van der Waals surface area contributed by atoms with E-state index in [1.807, 2.05) is 12.1 Å². The number of pyridine rings is 1. The van der Waals surface area contributed by atoms with Crippen LogP contribution < -0.4 is 5.43 Å². The minimum atomic E-state index is -0.481. The highest BCUT2D eigenvalue weighted by Crippen LogP contribution is 2.24. The first-order valence-electron chi connectivity index (χ1n) is 10.1. The molecule has 0 aliphatic rings. The topological polar surface area (TPSA) is 85.4 Å². The Balaban J connectivity index is 1.43. The Labute approximate surface area is 183 Å². The molecular formula is C25H19N5O2. The van der Waals surface area contributed by atoms with E-state index in [1.54, 1.807) is 6.21 Å². The summed E-state index contributed by atoms with van der Waals surface area (Å²) in [5.74, 6) is 0.436. The molecular weight excluding hydrogens is 402 g/mol. The number of para-hydroxylation sites is 1. The summed E-state index contributed by atoms with van der Waals surface area (Å²) in [6.45, 7) is 0.743. The van der Waals surface area contributed by atoms with Crippen LogP contribution in [0.15, 0.2) is 96.4 Å². The van der Waals surface area contributed by atoms with Gasteiger partial charge in [-0.05, 0) is 28.5 Å². The zero-order valence-electron chi connectivity index (χ0n) is 17.1. The fraction of sp³-hybridized carbons (Fsp3) is 0.0400. The summed E-state index contributed by atoms with van der Waals surface area (Å²) in [6, 6.07) is 25.9. The van der Waals surface area contributed by atoms with Gasteiger partial charge < -0.3 is 4.57 Å². The van der Waals surface area contributed by atoms with E-state index in [1.165, 1.54) is 34.7 Å². The van der Waals surface area contributed by atoms with Crippen molar-refractivity contribution >= 4 is 39.4 Å². The van der Waals surface area contributed by atoms with Crippen LogP contribution in [0.4, 0.5) is 11.5 Å². The third-order valence-electron chi connectivity index (χ3n) is 5.38. The van der Waals surface area contributed by atoms with Gasteiger partial charge in [-0.3, -0.25) is 15.5 Å². The van der Waals surface area contributed by atoms with E-state index in [0.29, 0.717) is 5.82 Å². The number of benzene rings is 3. The molecule has 0 unspecified atom stereocenters. The third kappa shape index (κ3) is 3.79. The van der Waals surface area contributed by atoms with Gasteiger partial charge in [0, 0.05) is 35.3 Å². The van der Waals surface area contributed by atoms with Crippen molar-refractivity contribution in [2.24, 2.45) is 5.10 Å². The number of hydrazone groups is 1. The lowest BCUT2D eigenvalue weighted by molar-refractivity contribution is -0.385. The van der Waals surface area contributed by atoms with Gasteiger partial charge in [0.25, 0.3) is 5.69 Å². The van der Waals surface area contributed by atoms with Gasteiger partial charge in [-0.25, -0.2) is 4.98 Å². The van der Waals surface area contributed by atoms with Crippen LogP contribution in [-0.2, 0) is 6.54 Å². The van der Waals surface area contributed by atoms with Gasteiger partial charge in [0.15, 0.2) is 0 Å². The number of nitrogens with one attached hydrogen (secondary N) is 1. The van der Waals surface area contributed by atoms with E-state index in [0.717, 1.165) is 23.0 Å². The lowest BCUT2D eigenvalue weighted by Crippen LogP contribution is -1.98. The van der Waals surface area contributed by atoms with Crippen molar-refractivity contribution in [2.75, 3.05) is 5.43 Å². The number of fused-ring (bicyclic) bond motifs is 2. The Kier molecular flexibility index (Phi) is 5.05. The van der Waals surface area contributed by atoms with Crippen LogP contribution >= 0.6 is 0 Å². The van der Waals surface area contributed by atoms with Crippen LogP contribution in [0.25, 0.3) is 21.7 Å². The van der Waals surface area contributed by atoms with E-state index in [9.17, 15) is 10.1 Å². The summed E-state index contributed by atoms with van der Waals surface area (Å²) in [6.07, 6.45) is 5.03. The monoisotopic (exact) mass is 421 g/mol. The largest absolute Gasteiger partial charge is 0.342 e. The van der Waals surface area contributed by atoms with Crippen LogP contribution in [0, 0.1) is 10.1 Å². The first-order chi connectivity index (χ1) is 15.7. The van der Waals surface area contributed by atoms with Crippen LogP contribution in [-0.4, -0.2) is 20.7 Å². The molecule has 0 aliphatic heterocycles. The molecule has 0 atom stereocenters. The smallest absolute Gasteiger partial charge is 0.287 e. The minimum Gasteiger partial charge on any atom is -0.342 e. The highest BCUT2D eigenvalue weighted by atomic mass is 16.6. The Morgan fingerprint density at radius 1 is 0.969 bits per heavy atom. The summed E-state index contributed by atoms with van der Waals surface area (Å²) in [4.78, 5) is 14.3. The number of aromatic nitrogens is 2. The molecule has 5 rings (SSSR count). The first kappa shape index (κ1) is 19.4. The number of nitrogens with zero attached hydrogens (tertiary/aromatic N) is 4. The second-order valence-corrected chi connectivity index (χ2v) is 7.40. The molecule has 0 saturated carbocycles. The molecule has 5 aromatic rings. The number of hydrogen-bond acceptors (Lipinski definition) is 5. The Hall–Kier alpha value is -4.52. The van der Waals surface area contributed by atoms with Crippen LogP contribution in [0.1, 0.15) is 11.1 Å². The normalized spacial score (nSPS) is 11.4. The zero-order valence-corrected chi connectivity index (χ0v) is 17.1. The molecule has 0 fully saturated rings. The van der Waals surface area contributed by atoms with Crippen molar-refractivity contribution in [2.45, 2.75) is 6.54 Å². The van der Waals surface area contributed by atoms with Crippen molar-refractivity contribution in [1.29, 1.82) is 0 Å². The number of rotatable bonds is 6. The van der Waals surface area contributed by atoms with E-state index in [-0.39, 0.29) is 5.69 Å². The number of nitro groups is 1. The molecule has 156 valence electrons. The standard InChI is InChI=1S/C25H19N5O2/c31-30(32)21-12-13-25(26-15-21)28-27-14-20-17-29(24-11-4-3-10-23(20)24)16-19-8-5-7-18-6-1-2-9-22(18)19/h1-15,17H,16H2,(H,26,28)/b27-14+. The molecule has 1 N–H and O–H groups in total. The van der Waals surface area contributed by atoms with Crippen molar-refractivity contribution < 1.29 is 4.92 Å². The molecule has 7 heteroatoms. The maximum atomic E-state index is 10.8. The highest BCUT2D eigenvalue weighted by Gasteiger charge is 2.09. The van der Waals surface area contributed by atoms with Crippen LogP contribution in [0.3, 0.4) is 0 Å². The predicted molar refractivity (Wildman–Crippen MR) is 127 cm³/mol. The fourth-order valence-corrected chi connectivity index (χ4v) is 3.85. The quantitative estimate of drug-likeness (QED) is 0.220. The summed E-state index contributed by atoms with van der Waals surface area (Å²) in [7, 11) is 0. The van der Waals surface area contributed by atoms with Gasteiger partial charge in [0.2, 0.25) is 0 Å². The summed E-state index contributed by atoms with van der Waals surface area (Å²) < 4.78 is 2.22. The van der Waals surface area contributed by atoms with Gasteiger partial charge >= 0.3 is 0 Å². The van der Waals surface area contributed by atoms with Crippen molar-refractivity contribution in [3.8, 4) is 0 Å². The molecule has 0 saturated heterocycles. The van der Waals surface area contributed by atoms with Gasteiger partial charge in [0.05, 0.1) is 11.1 Å². The fourth-order valence-electron chi connectivity index (χ4n) is 3.85. The molecule has 0 radical (unpaired) electrons. The van der Waals surface area contributed by atoms with E-state index in [4.69, 9.17) is 0 Å². The average Bonchev–Trinajstić information content (AvgIpc) is 3.17. The lowest BCUT2D eigenvalue weighted by Gasteiger charge is -2.09. The highest BCUT2D eigenvalue weighted by molar-refractivity contribution is 5.99. The van der Waals surface area contributed by atoms with Crippen molar-refractivity contribution in [3.63, 3.8) is 0 Å². The molecule has 32 heavy (non-hydrogen) atoms. The van der Waals surface area contributed by atoms with Crippen LogP contribution in [0.5, 0.6) is 0 Å². The molecule has 2 aromatic heterocycles. The lowest BCUT2D eigenvalue weighted by atomic mass is 10.0. The van der Waals surface area contributed by atoms with E-state index in [2.05, 4.69) is 80.9 Å². The second kappa shape index (κ2) is 8.31. The molecule has 0 aliphatic carbocycles. The average molecular weight is 421 g/mol. The maximum Gasteiger partial charge on any atom is 0.287 e. The Morgan fingerprint density at radius 2 is 1.75 bits per heavy atom. The molecule has 3 aromatic carbocycles. The number of anilines is 1. The maximum absolute atomic E-state index is 10.8. The molecule has 2 heterocycles. The molecule has 0 amide bonds. The van der Waals surface area contributed by atoms with E-state index < -0.39 is 4.92 Å². The first-order valence-corrected chi connectivity index (χ1v) is 10.1. The zero-order chi connectivity index (χ0) is 21.9. The summed E-state index contributed by atoms with van der Waals surface area (Å²) in [5.41, 5.74) is 6.11. The summed E-state index contributed by atoms with van der Waals surface area (Å²) >= 11 is 0. The summed E-state index contributed by atoms with van der Waals surface area (Å²) in [5, 5.41) is 18.6. The number of hydrogen-bond donors (Lipinski definition) is 1. The van der Waals surface area contributed by atoms with Gasteiger partial charge in [0.1, 0.15) is 12.0 Å². The molecule has 7 nitrogen and oxygen atoms in total. The SMILES string of the molecule is O=[N+]([O-])c1ccc(N/N=C/c2cn(Cc3cccc4ccccc34)c3ccccc23)nc1. The minimum absolute atomic E-state index is 0.0592. The van der Waals surface area contributed by atoms with Crippen molar-refractivity contribution in [3.05, 3.63) is 112 Å². The molecule has 0 spiro atoms. The Bertz CT molecular complexity index is 1450. The van der Waals surface area contributed by atoms with E-state index >= 15 is 0 Å².